The number of hydrogen-bond acceptors (Lipinski definition) is 5. The maximum atomic E-state index is 11.7. The van der Waals surface area contributed by atoms with Gasteiger partial charge in [-0.3, -0.25) is 14.9 Å². The largest absolute Gasteiger partial charge is 0.399 e. The number of anilines is 2. The summed E-state index contributed by atoms with van der Waals surface area (Å²) in [5.74, 6) is -0.241. The lowest BCUT2D eigenvalue weighted by atomic mass is 10.1. The number of aromatic nitrogens is 1. The number of pyridine rings is 1. The van der Waals surface area contributed by atoms with E-state index < -0.39 is 6.04 Å². The number of amides is 2. The number of halogens is 1. The maximum absolute atomic E-state index is 11.7. The van der Waals surface area contributed by atoms with Gasteiger partial charge >= 0.3 is 0 Å². The van der Waals surface area contributed by atoms with Gasteiger partial charge in [-0.25, -0.2) is 4.98 Å². The zero-order valence-electron chi connectivity index (χ0n) is 9.81. The van der Waals surface area contributed by atoms with Crippen LogP contribution in [0.1, 0.15) is 13.3 Å². The molecule has 1 saturated heterocycles. The number of hydrogen-bond donors (Lipinski definition) is 2. The molecule has 96 valence electrons. The Kier molecular flexibility index (Phi) is 3.38. The third-order valence-electron chi connectivity index (χ3n) is 2.74. The van der Waals surface area contributed by atoms with E-state index in [1.807, 2.05) is 6.92 Å². The van der Waals surface area contributed by atoms with Gasteiger partial charge in [0, 0.05) is 11.8 Å². The summed E-state index contributed by atoms with van der Waals surface area (Å²) in [6, 6.07) is 2.67. The predicted octanol–water partition coefficient (Wildman–Crippen LogP) is 0.559. The molecule has 2 amide bonds. The van der Waals surface area contributed by atoms with Gasteiger partial charge in [0.05, 0.1) is 6.54 Å². The SMILES string of the molecule is CCC1C(=O)NC(=O)CN1c1cc(N)cc(Cl)n1. The molecule has 1 atom stereocenters. The minimum atomic E-state index is -0.437. The van der Waals surface area contributed by atoms with Crippen molar-refractivity contribution in [2.24, 2.45) is 0 Å². The van der Waals surface area contributed by atoms with Gasteiger partial charge in [0.1, 0.15) is 17.0 Å². The Labute approximate surface area is 109 Å². The highest BCUT2D eigenvalue weighted by Crippen LogP contribution is 2.23. The lowest BCUT2D eigenvalue weighted by molar-refractivity contribution is -0.132. The van der Waals surface area contributed by atoms with Gasteiger partial charge in [0.25, 0.3) is 0 Å². The van der Waals surface area contributed by atoms with E-state index in [-0.39, 0.29) is 23.5 Å². The molecule has 0 spiro atoms. The van der Waals surface area contributed by atoms with Crippen molar-refractivity contribution in [3.05, 3.63) is 17.3 Å². The van der Waals surface area contributed by atoms with Crippen molar-refractivity contribution < 1.29 is 9.59 Å². The van der Waals surface area contributed by atoms with E-state index >= 15 is 0 Å². The molecule has 7 heteroatoms. The second kappa shape index (κ2) is 4.81. The number of carbonyl (C=O) groups excluding carboxylic acids is 2. The average Bonchev–Trinajstić information content (AvgIpc) is 2.26. The minimum absolute atomic E-state index is 0.0665. The molecule has 1 aromatic heterocycles. The zero-order chi connectivity index (χ0) is 13.3. The van der Waals surface area contributed by atoms with E-state index in [1.54, 1.807) is 11.0 Å². The summed E-state index contributed by atoms with van der Waals surface area (Å²) in [6.45, 7) is 1.93. The smallest absolute Gasteiger partial charge is 0.249 e. The molecular formula is C11H13ClN4O2. The molecule has 6 nitrogen and oxygen atoms in total. The van der Waals surface area contributed by atoms with E-state index in [0.29, 0.717) is 17.9 Å². The number of piperazine rings is 1. The number of carbonyl (C=O) groups is 2. The number of nitrogens with two attached hydrogens (primary N) is 1. The van der Waals surface area contributed by atoms with Crippen LogP contribution in [0.15, 0.2) is 12.1 Å². The molecule has 1 aliphatic heterocycles. The highest BCUT2D eigenvalue weighted by molar-refractivity contribution is 6.29. The molecule has 0 saturated carbocycles. The summed E-state index contributed by atoms with van der Waals surface area (Å²) in [5, 5.41) is 2.53. The van der Waals surface area contributed by atoms with E-state index in [1.165, 1.54) is 6.07 Å². The number of nitrogens with one attached hydrogen (secondary N) is 1. The zero-order valence-corrected chi connectivity index (χ0v) is 10.6. The van der Waals surface area contributed by atoms with Gasteiger partial charge in [-0.1, -0.05) is 18.5 Å². The molecule has 1 fully saturated rings. The van der Waals surface area contributed by atoms with Crippen molar-refractivity contribution >= 4 is 34.9 Å². The quantitative estimate of drug-likeness (QED) is 0.604. The maximum Gasteiger partial charge on any atom is 0.249 e. The van der Waals surface area contributed by atoms with Crippen LogP contribution >= 0.6 is 11.6 Å². The van der Waals surface area contributed by atoms with Crippen molar-refractivity contribution in [3.63, 3.8) is 0 Å². The Morgan fingerprint density at radius 2 is 2.28 bits per heavy atom. The van der Waals surface area contributed by atoms with Gasteiger partial charge in [0.15, 0.2) is 0 Å². The minimum Gasteiger partial charge on any atom is -0.399 e. The average molecular weight is 269 g/mol. The monoisotopic (exact) mass is 268 g/mol. The van der Waals surface area contributed by atoms with Crippen molar-refractivity contribution in [1.82, 2.24) is 10.3 Å². The molecule has 0 bridgehead atoms. The summed E-state index contributed by atoms with van der Waals surface area (Å²) in [4.78, 5) is 28.9. The van der Waals surface area contributed by atoms with Gasteiger partial charge in [-0.15, -0.1) is 0 Å². The Morgan fingerprint density at radius 1 is 1.56 bits per heavy atom. The molecule has 2 heterocycles. The summed E-state index contributed by atoms with van der Waals surface area (Å²) in [5.41, 5.74) is 6.13. The lowest BCUT2D eigenvalue weighted by Gasteiger charge is -2.34. The molecular weight excluding hydrogens is 256 g/mol. The van der Waals surface area contributed by atoms with Crippen molar-refractivity contribution in [2.45, 2.75) is 19.4 Å². The fourth-order valence-electron chi connectivity index (χ4n) is 1.96. The lowest BCUT2D eigenvalue weighted by Crippen LogP contribution is -2.58. The highest BCUT2D eigenvalue weighted by atomic mass is 35.5. The Bertz CT molecular complexity index is 486. The normalized spacial score (nSPS) is 19.9. The van der Waals surface area contributed by atoms with Gasteiger partial charge in [-0.05, 0) is 12.5 Å². The van der Waals surface area contributed by atoms with Crippen LogP contribution < -0.4 is 16.0 Å². The molecule has 18 heavy (non-hydrogen) atoms. The van der Waals surface area contributed by atoms with Crippen LogP contribution in [0.3, 0.4) is 0 Å². The summed E-state index contributed by atoms with van der Waals surface area (Å²) in [6.07, 6.45) is 0.563. The van der Waals surface area contributed by atoms with E-state index in [4.69, 9.17) is 17.3 Å². The standard InChI is InChI=1S/C11H13ClN4O2/c1-2-7-11(18)15-10(17)5-16(7)9-4-6(13)3-8(12)14-9/h3-4,7H,2,5H2,1H3,(H2,13,14)(H,15,17,18). The van der Waals surface area contributed by atoms with Crippen LogP contribution in [0.25, 0.3) is 0 Å². The van der Waals surface area contributed by atoms with Gasteiger partial charge in [-0.2, -0.15) is 0 Å². The van der Waals surface area contributed by atoms with Gasteiger partial charge < -0.3 is 10.6 Å². The van der Waals surface area contributed by atoms with Crippen LogP contribution in [-0.4, -0.2) is 29.4 Å². The highest BCUT2D eigenvalue weighted by Gasteiger charge is 2.33. The molecule has 2 rings (SSSR count). The fourth-order valence-corrected chi connectivity index (χ4v) is 2.18. The van der Waals surface area contributed by atoms with Gasteiger partial charge in [0.2, 0.25) is 11.8 Å². The fraction of sp³-hybridized carbons (Fsp3) is 0.364. The molecule has 1 unspecified atom stereocenters. The Morgan fingerprint density at radius 3 is 2.89 bits per heavy atom. The van der Waals surface area contributed by atoms with E-state index in [0.717, 1.165) is 0 Å². The van der Waals surface area contributed by atoms with Crippen molar-refractivity contribution in [3.8, 4) is 0 Å². The second-order valence-electron chi connectivity index (χ2n) is 4.05. The first-order chi connectivity index (χ1) is 8.51. The molecule has 1 aromatic rings. The number of rotatable bonds is 2. The third kappa shape index (κ3) is 2.38. The summed E-state index contributed by atoms with van der Waals surface area (Å²) >= 11 is 5.83. The molecule has 0 aliphatic carbocycles. The Hall–Kier alpha value is -1.82. The topological polar surface area (TPSA) is 88.3 Å². The molecule has 0 aromatic carbocycles. The molecule has 0 radical (unpaired) electrons. The predicted molar refractivity (Wildman–Crippen MR) is 68.2 cm³/mol. The molecule has 1 aliphatic rings. The van der Waals surface area contributed by atoms with Crippen LogP contribution in [-0.2, 0) is 9.59 Å². The van der Waals surface area contributed by atoms with Crippen molar-refractivity contribution in [2.75, 3.05) is 17.2 Å². The van der Waals surface area contributed by atoms with Crippen LogP contribution in [0.4, 0.5) is 11.5 Å². The van der Waals surface area contributed by atoms with E-state index in [9.17, 15) is 9.59 Å². The van der Waals surface area contributed by atoms with Crippen LogP contribution in [0.2, 0.25) is 5.15 Å². The summed E-state index contributed by atoms with van der Waals surface area (Å²) in [7, 11) is 0. The molecule has 3 N–H and O–H groups in total. The third-order valence-corrected chi connectivity index (χ3v) is 2.93. The first-order valence-electron chi connectivity index (χ1n) is 5.54. The van der Waals surface area contributed by atoms with Crippen LogP contribution in [0.5, 0.6) is 0 Å². The van der Waals surface area contributed by atoms with Crippen molar-refractivity contribution in [1.29, 1.82) is 0 Å². The van der Waals surface area contributed by atoms with E-state index in [2.05, 4.69) is 10.3 Å². The Balaban J connectivity index is 2.39. The first-order valence-corrected chi connectivity index (χ1v) is 5.92. The number of nitrogens with zero attached hydrogens (tertiary/aromatic N) is 2. The van der Waals surface area contributed by atoms with Crippen LogP contribution in [0, 0.1) is 0 Å². The summed E-state index contributed by atoms with van der Waals surface area (Å²) < 4.78 is 0. The number of nitrogen functional groups attached to an aromatic ring is 1. The first kappa shape index (κ1) is 12.6. The number of imide groups is 1. The second-order valence-corrected chi connectivity index (χ2v) is 4.43.